The number of fused-ring (bicyclic) bond motifs is 1. The van der Waals surface area contributed by atoms with Gasteiger partial charge in [-0.1, -0.05) is 19.3 Å². The second-order valence-corrected chi connectivity index (χ2v) is 7.90. The van der Waals surface area contributed by atoms with Gasteiger partial charge < -0.3 is 10.2 Å². The zero-order chi connectivity index (χ0) is 13.9. The fourth-order valence-corrected chi connectivity index (χ4v) is 3.87. The summed E-state index contributed by atoms with van der Waals surface area (Å²) in [5.74, 6) is 2.07. The van der Waals surface area contributed by atoms with Crippen LogP contribution in [-0.2, 0) is 0 Å². The van der Waals surface area contributed by atoms with E-state index >= 15 is 0 Å². The highest BCUT2D eigenvalue weighted by Gasteiger charge is 2.32. The molecule has 2 aliphatic rings. The molecule has 0 aromatic rings. The van der Waals surface area contributed by atoms with Crippen LogP contribution in [0, 0.1) is 11.8 Å². The van der Waals surface area contributed by atoms with Gasteiger partial charge in [-0.05, 0) is 71.9 Å². The summed E-state index contributed by atoms with van der Waals surface area (Å²) >= 11 is 0. The summed E-state index contributed by atoms with van der Waals surface area (Å²) in [4.78, 5) is 2.76. The molecule has 3 unspecified atom stereocenters. The minimum atomic E-state index is 0.260. The van der Waals surface area contributed by atoms with Gasteiger partial charge in [0, 0.05) is 18.1 Å². The van der Waals surface area contributed by atoms with Crippen LogP contribution in [0.25, 0.3) is 0 Å². The number of likely N-dealkylation sites (tertiary alicyclic amines) is 1. The lowest BCUT2D eigenvalue weighted by atomic mass is 9.75. The first kappa shape index (κ1) is 15.3. The average molecular weight is 266 g/mol. The molecule has 1 N–H and O–H groups in total. The highest BCUT2D eigenvalue weighted by Crippen LogP contribution is 2.36. The lowest BCUT2D eigenvalue weighted by molar-refractivity contribution is 0.0589. The Kier molecular flexibility index (Phi) is 5.30. The molecule has 0 aromatic heterocycles. The van der Waals surface area contributed by atoms with Crippen molar-refractivity contribution in [2.45, 2.75) is 77.8 Å². The van der Waals surface area contributed by atoms with Crippen molar-refractivity contribution in [3.8, 4) is 0 Å². The number of nitrogens with zero attached hydrogens (tertiary/aromatic N) is 1. The van der Waals surface area contributed by atoms with Gasteiger partial charge >= 0.3 is 0 Å². The monoisotopic (exact) mass is 266 g/mol. The standard InChI is InChI=1S/C17H34N2/c1-14(9-11-18-17(2,3)4)19-12-10-15-7-5-6-8-16(15)13-19/h14-16,18H,5-13H2,1-4H3. The SMILES string of the molecule is CC(CCNC(C)(C)C)N1CCC2CCCCC2C1. The van der Waals surface area contributed by atoms with Gasteiger partial charge in [-0.25, -0.2) is 0 Å². The largest absolute Gasteiger partial charge is 0.312 e. The molecule has 1 heterocycles. The molecule has 0 radical (unpaired) electrons. The molecular weight excluding hydrogens is 232 g/mol. The minimum Gasteiger partial charge on any atom is -0.312 e. The maximum absolute atomic E-state index is 3.62. The molecule has 2 fully saturated rings. The number of rotatable bonds is 4. The van der Waals surface area contributed by atoms with Crippen molar-refractivity contribution in [2.24, 2.45) is 11.8 Å². The van der Waals surface area contributed by atoms with E-state index in [0.29, 0.717) is 0 Å². The second-order valence-electron chi connectivity index (χ2n) is 7.90. The predicted molar refractivity (Wildman–Crippen MR) is 83.5 cm³/mol. The van der Waals surface area contributed by atoms with E-state index in [1.807, 2.05) is 0 Å². The Hall–Kier alpha value is -0.0800. The minimum absolute atomic E-state index is 0.260. The van der Waals surface area contributed by atoms with E-state index < -0.39 is 0 Å². The molecule has 0 spiro atoms. The summed E-state index contributed by atoms with van der Waals surface area (Å²) in [5, 5.41) is 3.62. The normalized spacial score (nSPS) is 30.9. The second kappa shape index (κ2) is 6.58. The number of hydrogen-bond acceptors (Lipinski definition) is 2. The van der Waals surface area contributed by atoms with Gasteiger partial charge in [0.05, 0.1) is 0 Å². The molecule has 19 heavy (non-hydrogen) atoms. The van der Waals surface area contributed by atoms with E-state index in [-0.39, 0.29) is 5.54 Å². The van der Waals surface area contributed by atoms with Crippen molar-refractivity contribution >= 4 is 0 Å². The molecule has 2 heteroatoms. The van der Waals surface area contributed by atoms with Crippen molar-refractivity contribution in [3.63, 3.8) is 0 Å². The summed E-state index contributed by atoms with van der Waals surface area (Å²) in [5.41, 5.74) is 0.260. The van der Waals surface area contributed by atoms with Crippen molar-refractivity contribution in [3.05, 3.63) is 0 Å². The van der Waals surface area contributed by atoms with Gasteiger partial charge in [-0.15, -0.1) is 0 Å². The Balaban J connectivity index is 1.72. The molecule has 112 valence electrons. The zero-order valence-corrected chi connectivity index (χ0v) is 13.5. The maximum Gasteiger partial charge on any atom is 0.00965 e. The van der Waals surface area contributed by atoms with E-state index in [1.54, 1.807) is 0 Å². The predicted octanol–water partition coefficient (Wildman–Crippen LogP) is 3.67. The van der Waals surface area contributed by atoms with E-state index in [9.17, 15) is 0 Å². The van der Waals surface area contributed by atoms with Crippen LogP contribution >= 0.6 is 0 Å². The third-order valence-corrected chi connectivity index (χ3v) is 5.16. The molecule has 2 rings (SSSR count). The average Bonchev–Trinajstić information content (AvgIpc) is 2.36. The summed E-state index contributed by atoms with van der Waals surface area (Å²) in [6, 6.07) is 0.748. The van der Waals surface area contributed by atoms with Gasteiger partial charge in [-0.3, -0.25) is 0 Å². The molecular formula is C17H34N2. The Morgan fingerprint density at radius 3 is 2.47 bits per heavy atom. The van der Waals surface area contributed by atoms with Gasteiger partial charge in [0.25, 0.3) is 0 Å². The third kappa shape index (κ3) is 4.75. The van der Waals surface area contributed by atoms with Crippen molar-refractivity contribution in [2.75, 3.05) is 19.6 Å². The molecule has 2 nitrogen and oxygen atoms in total. The van der Waals surface area contributed by atoms with Crippen LogP contribution in [0.2, 0.25) is 0 Å². The highest BCUT2D eigenvalue weighted by atomic mass is 15.2. The number of piperidine rings is 1. The molecule has 0 aromatic carbocycles. The molecule has 1 aliphatic carbocycles. The molecule has 1 aliphatic heterocycles. The van der Waals surface area contributed by atoms with Crippen molar-refractivity contribution < 1.29 is 0 Å². The summed E-state index contributed by atoms with van der Waals surface area (Å²) in [6.07, 6.45) is 8.73. The quantitative estimate of drug-likeness (QED) is 0.835. The smallest absolute Gasteiger partial charge is 0.00965 e. The van der Waals surface area contributed by atoms with Crippen LogP contribution in [0.1, 0.15) is 66.2 Å². The summed E-state index contributed by atoms with van der Waals surface area (Å²) in [6.45, 7) is 13.1. The van der Waals surface area contributed by atoms with E-state index in [0.717, 1.165) is 24.4 Å². The van der Waals surface area contributed by atoms with Crippen LogP contribution in [0.5, 0.6) is 0 Å². The molecule has 0 amide bonds. The van der Waals surface area contributed by atoms with Crippen molar-refractivity contribution in [1.82, 2.24) is 10.2 Å². The highest BCUT2D eigenvalue weighted by molar-refractivity contribution is 4.85. The first-order valence-electron chi connectivity index (χ1n) is 8.45. The van der Waals surface area contributed by atoms with Crippen LogP contribution < -0.4 is 5.32 Å². The summed E-state index contributed by atoms with van der Waals surface area (Å²) in [7, 11) is 0. The Morgan fingerprint density at radius 2 is 1.79 bits per heavy atom. The van der Waals surface area contributed by atoms with Gasteiger partial charge in [0.1, 0.15) is 0 Å². The Bertz CT molecular complexity index is 269. The van der Waals surface area contributed by atoms with E-state index in [2.05, 4.69) is 37.9 Å². The van der Waals surface area contributed by atoms with Crippen molar-refractivity contribution in [1.29, 1.82) is 0 Å². The van der Waals surface area contributed by atoms with Gasteiger partial charge in [0.2, 0.25) is 0 Å². The first-order chi connectivity index (χ1) is 8.96. The van der Waals surface area contributed by atoms with Crippen LogP contribution in [-0.4, -0.2) is 36.1 Å². The topological polar surface area (TPSA) is 15.3 Å². The molecule has 0 bridgehead atoms. The van der Waals surface area contributed by atoms with Crippen LogP contribution in [0.4, 0.5) is 0 Å². The summed E-state index contributed by atoms with van der Waals surface area (Å²) < 4.78 is 0. The Labute approximate surface area is 120 Å². The molecule has 3 atom stereocenters. The third-order valence-electron chi connectivity index (χ3n) is 5.16. The van der Waals surface area contributed by atoms with E-state index in [4.69, 9.17) is 0 Å². The van der Waals surface area contributed by atoms with Gasteiger partial charge in [-0.2, -0.15) is 0 Å². The van der Waals surface area contributed by atoms with E-state index in [1.165, 1.54) is 51.6 Å². The lowest BCUT2D eigenvalue weighted by Gasteiger charge is -2.43. The van der Waals surface area contributed by atoms with Crippen LogP contribution in [0.3, 0.4) is 0 Å². The zero-order valence-electron chi connectivity index (χ0n) is 13.5. The fourth-order valence-electron chi connectivity index (χ4n) is 3.87. The maximum atomic E-state index is 3.62. The van der Waals surface area contributed by atoms with Gasteiger partial charge in [0.15, 0.2) is 0 Å². The fraction of sp³-hybridized carbons (Fsp3) is 1.00. The molecule has 1 saturated carbocycles. The number of nitrogens with one attached hydrogen (secondary N) is 1. The first-order valence-corrected chi connectivity index (χ1v) is 8.45. The molecule has 1 saturated heterocycles. The van der Waals surface area contributed by atoms with Crippen LogP contribution in [0.15, 0.2) is 0 Å². The Morgan fingerprint density at radius 1 is 1.11 bits per heavy atom. The number of hydrogen-bond donors (Lipinski definition) is 1. The lowest BCUT2D eigenvalue weighted by Crippen LogP contribution is -2.47.